The minimum atomic E-state index is -3.79. The Labute approximate surface area is 216 Å². The van der Waals surface area contributed by atoms with Crippen LogP contribution in [0.2, 0.25) is 0 Å². The Morgan fingerprint density at radius 2 is 1.69 bits per heavy atom. The Morgan fingerprint density at radius 3 is 2.31 bits per heavy atom. The second-order valence-corrected chi connectivity index (χ2v) is 13.1. The molecule has 0 aromatic heterocycles. The van der Waals surface area contributed by atoms with Crippen LogP contribution in [0.5, 0.6) is 0 Å². The van der Waals surface area contributed by atoms with Crippen LogP contribution in [0.3, 0.4) is 0 Å². The summed E-state index contributed by atoms with van der Waals surface area (Å²) < 4.78 is 70.7. The number of benzene rings is 2. The van der Waals surface area contributed by atoms with E-state index in [-0.39, 0.29) is 29.5 Å². The summed E-state index contributed by atoms with van der Waals surface area (Å²) in [5, 5.41) is 2.72. The summed E-state index contributed by atoms with van der Waals surface area (Å²) >= 11 is 1.65. The van der Waals surface area contributed by atoms with Crippen LogP contribution in [-0.2, 0) is 35.3 Å². The number of carbonyl (C=O) groups is 1. The third-order valence-corrected chi connectivity index (χ3v) is 9.56. The van der Waals surface area contributed by atoms with E-state index in [1.807, 2.05) is 0 Å². The van der Waals surface area contributed by atoms with Crippen molar-refractivity contribution in [2.45, 2.75) is 17.1 Å². The highest BCUT2D eigenvalue weighted by Gasteiger charge is 2.27. The van der Waals surface area contributed by atoms with Gasteiger partial charge in [-0.25, -0.2) is 21.2 Å². The molecule has 36 heavy (non-hydrogen) atoms. The standard InChI is InChI=1S/C23H30FN3O6S3/c1-35(29,30)27(17-23(28)25-11-2-16-34-18-19-3-5-20(24)6-4-19)21-7-9-22(10-8-21)36(31,32)26-12-14-33-15-13-26/h3-10H,2,11-18H2,1H3,(H,25,28). The van der Waals surface area contributed by atoms with E-state index in [0.29, 0.717) is 26.2 Å². The molecule has 2 aromatic rings. The van der Waals surface area contributed by atoms with Gasteiger partial charge in [0.15, 0.2) is 0 Å². The predicted octanol–water partition coefficient (Wildman–Crippen LogP) is 2.05. The van der Waals surface area contributed by atoms with E-state index in [1.165, 1.54) is 40.7 Å². The average molecular weight is 560 g/mol. The van der Waals surface area contributed by atoms with Gasteiger partial charge < -0.3 is 10.1 Å². The van der Waals surface area contributed by atoms with Gasteiger partial charge >= 0.3 is 0 Å². The van der Waals surface area contributed by atoms with Crippen LogP contribution in [0.25, 0.3) is 0 Å². The number of anilines is 1. The van der Waals surface area contributed by atoms with Gasteiger partial charge in [0, 0.05) is 25.4 Å². The number of sulfonamides is 2. The Hall–Kier alpha value is -2.19. The predicted molar refractivity (Wildman–Crippen MR) is 138 cm³/mol. The second-order valence-electron chi connectivity index (χ2n) is 8.16. The summed E-state index contributed by atoms with van der Waals surface area (Å²) in [6.45, 7) is 1.11. The van der Waals surface area contributed by atoms with Crippen molar-refractivity contribution in [3.05, 3.63) is 59.9 Å². The highest BCUT2D eigenvalue weighted by atomic mass is 32.2. The molecule has 1 amide bonds. The van der Waals surface area contributed by atoms with E-state index in [0.717, 1.165) is 27.6 Å². The van der Waals surface area contributed by atoms with Gasteiger partial charge in [-0.1, -0.05) is 12.1 Å². The number of hydrogen-bond donors (Lipinski definition) is 1. The van der Waals surface area contributed by atoms with Crippen LogP contribution in [0, 0.1) is 5.82 Å². The third-order valence-electron chi connectivity index (χ3n) is 5.39. The van der Waals surface area contributed by atoms with Crippen molar-refractivity contribution in [2.24, 2.45) is 0 Å². The zero-order chi connectivity index (χ0) is 26.2. The van der Waals surface area contributed by atoms with E-state index in [2.05, 4.69) is 5.32 Å². The number of carbonyl (C=O) groups excluding carboxylic acids is 1. The maximum absolute atomic E-state index is 12.9. The van der Waals surface area contributed by atoms with Crippen molar-refractivity contribution in [3.8, 4) is 0 Å². The molecule has 3 rings (SSSR count). The molecule has 1 fully saturated rings. The van der Waals surface area contributed by atoms with Crippen molar-refractivity contribution in [1.82, 2.24) is 9.62 Å². The first kappa shape index (κ1) is 28.4. The number of nitrogens with one attached hydrogen (secondary N) is 1. The molecule has 1 aliphatic rings. The zero-order valence-electron chi connectivity index (χ0n) is 19.9. The van der Waals surface area contributed by atoms with Gasteiger partial charge in [-0.15, -0.1) is 0 Å². The topological polar surface area (TPSA) is 113 Å². The van der Waals surface area contributed by atoms with Gasteiger partial charge in [0.05, 0.1) is 30.1 Å². The number of hydrogen-bond acceptors (Lipinski definition) is 7. The molecule has 0 spiro atoms. The summed E-state index contributed by atoms with van der Waals surface area (Å²) in [6.07, 6.45) is 1.68. The molecule has 0 bridgehead atoms. The number of amides is 1. The third kappa shape index (κ3) is 8.17. The maximum Gasteiger partial charge on any atom is 0.243 e. The van der Waals surface area contributed by atoms with Crippen molar-refractivity contribution in [1.29, 1.82) is 0 Å². The fourth-order valence-electron chi connectivity index (χ4n) is 3.48. The largest absolute Gasteiger partial charge is 0.379 e. The molecule has 0 radical (unpaired) electrons. The molecule has 1 saturated heterocycles. The summed E-state index contributed by atoms with van der Waals surface area (Å²) in [5.74, 6) is 0.761. The van der Waals surface area contributed by atoms with E-state index >= 15 is 0 Å². The molecule has 0 aliphatic carbocycles. The molecule has 198 valence electrons. The molecule has 2 aromatic carbocycles. The van der Waals surface area contributed by atoms with E-state index in [4.69, 9.17) is 4.74 Å². The molecule has 1 heterocycles. The summed E-state index contributed by atoms with van der Waals surface area (Å²) in [4.78, 5) is 12.5. The number of morpholine rings is 1. The minimum Gasteiger partial charge on any atom is -0.379 e. The molecule has 1 aliphatic heterocycles. The molecular weight excluding hydrogens is 529 g/mol. The lowest BCUT2D eigenvalue weighted by Gasteiger charge is -2.26. The lowest BCUT2D eigenvalue weighted by molar-refractivity contribution is -0.119. The molecule has 9 nitrogen and oxygen atoms in total. The number of halogens is 1. The first-order valence-electron chi connectivity index (χ1n) is 11.3. The summed E-state index contributed by atoms with van der Waals surface area (Å²) in [5.41, 5.74) is 1.21. The summed E-state index contributed by atoms with van der Waals surface area (Å²) in [7, 11) is -7.50. The van der Waals surface area contributed by atoms with E-state index < -0.39 is 32.5 Å². The Balaban J connectivity index is 1.51. The fourth-order valence-corrected chi connectivity index (χ4v) is 6.66. The SMILES string of the molecule is CS(=O)(=O)N(CC(=O)NCCCSCc1ccc(F)cc1)c1ccc(S(=O)(=O)N2CCOCC2)cc1. The molecular formula is C23H30FN3O6S3. The first-order valence-corrected chi connectivity index (χ1v) is 15.8. The molecule has 0 atom stereocenters. The first-order chi connectivity index (χ1) is 17.1. The number of rotatable bonds is 12. The van der Waals surface area contributed by atoms with Crippen LogP contribution < -0.4 is 9.62 Å². The molecule has 13 heteroatoms. The van der Waals surface area contributed by atoms with Gasteiger partial charge in [0.1, 0.15) is 12.4 Å². The van der Waals surface area contributed by atoms with Crippen LogP contribution in [-0.4, -0.2) is 78.4 Å². The highest BCUT2D eigenvalue weighted by Crippen LogP contribution is 2.23. The Morgan fingerprint density at radius 1 is 1.06 bits per heavy atom. The molecule has 0 unspecified atom stereocenters. The lowest BCUT2D eigenvalue weighted by atomic mass is 10.2. The Bertz CT molecular complexity index is 1220. The lowest BCUT2D eigenvalue weighted by Crippen LogP contribution is -2.41. The van der Waals surface area contributed by atoms with Crippen LogP contribution >= 0.6 is 11.8 Å². The van der Waals surface area contributed by atoms with Crippen LogP contribution in [0.4, 0.5) is 10.1 Å². The van der Waals surface area contributed by atoms with Crippen LogP contribution in [0.1, 0.15) is 12.0 Å². The monoisotopic (exact) mass is 559 g/mol. The van der Waals surface area contributed by atoms with Gasteiger partial charge in [-0.3, -0.25) is 9.10 Å². The normalized spacial score (nSPS) is 14.9. The number of ether oxygens (including phenoxy) is 1. The van der Waals surface area contributed by atoms with Crippen molar-refractivity contribution in [3.63, 3.8) is 0 Å². The minimum absolute atomic E-state index is 0.0455. The van der Waals surface area contributed by atoms with Crippen molar-refractivity contribution in [2.75, 3.05) is 55.7 Å². The van der Waals surface area contributed by atoms with Gasteiger partial charge in [0.25, 0.3) is 0 Å². The Kier molecular flexibility index (Phi) is 10.1. The number of nitrogens with zero attached hydrogens (tertiary/aromatic N) is 2. The smallest absolute Gasteiger partial charge is 0.243 e. The maximum atomic E-state index is 12.9. The van der Waals surface area contributed by atoms with Gasteiger partial charge in [-0.05, 0) is 54.1 Å². The average Bonchev–Trinajstić information content (AvgIpc) is 2.85. The van der Waals surface area contributed by atoms with E-state index in [9.17, 15) is 26.0 Å². The quantitative estimate of drug-likeness (QED) is 0.396. The van der Waals surface area contributed by atoms with E-state index in [1.54, 1.807) is 23.9 Å². The fraction of sp³-hybridized carbons (Fsp3) is 0.435. The highest BCUT2D eigenvalue weighted by molar-refractivity contribution is 7.98. The van der Waals surface area contributed by atoms with Gasteiger partial charge in [-0.2, -0.15) is 16.1 Å². The molecule has 0 saturated carbocycles. The second kappa shape index (κ2) is 12.9. The van der Waals surface area contributed by atoms with Crippen LogP contribution in [0.15, 0.2) is 53.4 Å². The van der Waals surface area contributed by atoms with Crippen molar-refractivity contribution >= 4 is 43.4 Å². The molecule has 1 N–H and O–H groups in total. The van der Waals surface area contributed by atoms with Gasteiger partial charge in [0.2, 0.25) is 26.0 Å². The zero-order valence-corrected chi connectivity index (χ0v) is 22.4. The number of thioether (sulfide) groups is 1. The summed E-state index contributed by atoms with van der Waals surface area (Å²) in [6, 6.07) is 11.7. The van der Waals surface area contributed by atoms with Crippen molar-refractivity contribution < 1.29 is 30.8 Å².